The number of pyridine rings is 1. The highest BCUT2D eigenvalue weighted by molar-refractivity contribution is 7.92. The standard InChI is InChI=1S/C19H25N3O4S.C2HF3O2/c1-4-6-11-22(5-2)18-16(19(23)24)12-15(13-20-18)21-27(25,26)17-10-8-7-9-14(17)3;3-2(4,5)1(6)7/h7-10,12-13,21H,4-6,11H2,1-3H3,(H,23,24);(H,6,7). The molecule has 0 bridgehead atoms. The summed E-state index contributed by atoms with van der Waals surface area (Å²) < 4.78 is 59.4. The number of nitrogens with one attached hydrogen (secondary N) is 1. The lowest BCUT2D eigenvalue weighted by atomic mass is 10.2. The van der Waals surface area contributed by atoms with E-state index in [9.17, 15) is 31.5 Å². The molecule has 0 amide bonds. The highest BCUT2D eigenvalue weighted by Crippen LogP contribution is 2.24. The van der Waals surface area contributed by atoms with E-state index in [2.05, 4.69) is 16.6 Å². The number of carboxylic acid groups (broad SMARTS) is 2. The molecule has 0 radical (unpaired) electrons. The summed E-state index contributed by atoms with van der Waals surface area (Å²) in [4.78, 5) is 26.9. The first-order chi connectivity index (χ1) is 15.7. The first-order valence-electron chi connectivity index (χ1n) is 10.1. The van der Waals surface area contributed by atoms with E-state index in [1.54, 1.807) is 25.1 Å². The molecule has 1 aromatic carbocycles. The van der Waals surface area contributed by atoms with Gasteiger partial charge in [0.1, 0.15) is 11.4 Å². The molecule has 3 N–H and O–H groups in total. The third kappa shape index (κ3) is 8.21. The molecule has 0 saturated heterocycles. The van der Waals surface area contributed by atoms with Crippen LogP contribution in [0, 0.1) is 6.92 Å². The summed E-state index contributed by atoms with van der Waals surface area (Å²) in [7, 11) is -3.84. The Morgan fingerprint density at radius 1 is 1.15 bits per heavy atom. The van der Waals surface area contributed by atoms with E-state index in [1.165, 1.54) is 18.3 Å². The molecule has 0 aliphatic heterocycles. The topological polar surface area (TPSA) is 137 Å². The Kier molecular flexibility index (Phi) is 10.3. The number of hydrogen-bond acceptors (Lipinski definition) is 6. The van der Waals surface area contributed by atoms with Gasteiger partial charge in [-0.05, 0) is 38.0 Å². The second-order valence-electron chi connectivity index (χ2n) is 7.01. The van der Waals surface area contributed by atoms with Crippen LogP contribution in [-0.2, 0) is 14.8 Å². The van der Waals surface area contributed by atoms with E-state index in [-0.39, 0.29) is 16.1 Å². The largest absolute Gasteiger partial charge is 0.490 e. The van der Waals surface area contributed by atoms with Crippen LogP contribution < -0.4 is 9.62 Å². The molecule has 0 atom stereocenters. The van der Waals surface area contributed by atoms with Gasteiger partial charge in [0.05, 0.1) is 16.8 Å². The minimum absolute atomic E-state index is 0.0297. The number of unbranched alkanes of at least 4 members (excludes halogenated alkanes) is 1. The molecule has 9 nitrogen and oxygen atoms in total. The number of benzene rings is 1. The number of halogens is 3. The SMILES string of the molecule is CCCCN(CC)c1ncc(NS(=O)(=O)c2ccccc2C)cc1C(=O)O.O=C(O)C(F)(F)F. The van der Waals surface area contributed by atoms with Crippen LogP contribution in [0.2, 0.25) is 0 Å². The van der Waals surface area contributed by atoms with Crippen LogP contribution in [0.25, 0.3) is 0 Å². The summed E-state index contributed by atoms with van der Waals surface area (Å²) in [6.45, 7) is 6.99. The summed E-state index contributed by atoms with van der Waals surface area (Å²) in [6.07, 6.45) is -1.84. The molecule has 0 saturated carbocycles. The summed E-state index contributed by atoms with van der Waals surface area (Å²) in [5.74, 6) is -3.56. The third-order valence-corrected chi connectivity index (χ3v) is 5.98. The fourth-order valence-corrected chi connectivity index (χ4v) is 4.04. The maximum Gasteiger partial charge on any atom is 0.490 e. The number of aryl methyl sites for hydroxylation is 1. The molecule has 34 heavy (non-hydrogen) atoms. The van der Waals surface area contributed by atoms with Crippen LogP contribution >= 0.6 is 0 Å². The Hall–Kier alpha value is -3.35. The molecule has 2 rings (SSSR count). The number of aromatic carboxylic acids is 1. The van der Waals surface area contributed by atoms with Crippen LogP contribution in [0.15, 0.2) is 41.4 Å². The highest BCUT2D eigenvalue weighted by Gasteiger charge is 2.38. The number of carbonyl (C=O) groups is 2. The van der Waals surface area contributed by atoms with Gasteiger partial charge in [0.15, 0.2) is 0 Å². The van der Waals surface area contributed by atoms with Crippen LogP contribution in [-0.4, -0.2) is 54.8 Å². The molecule has 0 unspecified atom stereocenters. The number of rotatable bonds is 9. The summed E-state index contributed by atoms with van der Waals surface area (Å²) in [5, 5.41) is 16.7. The van der Waals surface area contributed by atoms with Gasteiger partial charge in [0.25, 0.3) is 10.0 Å². The lowest BCUT2D eigenvalue weighted by molar-refractivity contribution is -0.192. The number of carboxylic acids is 2. The van der Waals surface area contributed by atoms with Gasteiger partial charge >= 0.3 is 18.1 Å². The Balaban J connectivity index is 0.000000718. The lowest BCUT2D eigenvalue weighted by Crippen LogP contribution is -2.27. The molecule has 13 heteroatoms. The maximum atomic E-state index is 12.6. The van der Waals surface area contributed by atoms with Gasteiger partial charge < -0.3 is 15.1 Å². The zero-order valence-corrected chi connectivity index (χ0v) is 19.6. The number of aliphatic carboxylic acids is 1. The molecule has 0 aliphatic carbocycles. The van der Waals surface area contributed by atoms with Crippen molar-refractivity contribution in [3.05, 3.63) is 47.7 Å². The molecule has 0 fully saturated rings. The van der Waals surface area contributed by atoms with Gasteiger partial charge in [-0.15, -0.1) is 0 Å². The average molecular weight is 506 g/mol. The second-order valence-corrected chi connectivity index (χ2v) is 8.66. The van der Waals surface area contributed by atoms with E-state index in [0.717, 1.165) is 12.8 Å². The number of anilines is 2. The summed E-state index contributed by atoms with van der Waals surface area (Å²) in [6, 6.07) is 7.91. The number of aromatic nitrogens is 1. The van der Waals surface area contributed by atoms with Crippen molar-refractivity contribution in [2.75, 3.05) is 22.7 Å². The van der Waals surface area contributed by atoms with Gasteiger partial charge in [-0.3, -0.25) is 4.72 Å². The minimum Gasteiger partial charge on any atom is -0.478 e. The van der Waals surface area contributed by atoms with E-state index < -0.39 is 28.1 Å². The van der Waals surface area contributed by atoms with Crippen molar-refractivity contribution in [1.29, 1.82) is 0 Å². The summed E-state index contributed by atoms with van der Waals surface area (Å²) >= 11 is 0. The zero-order chi connectivity index (χ0) is 26.1. The van der Waals surface area contributed by atoms with Gasteiger partial charge in [-0.1, -0.05) is 31.5 Å². The zero-order valence-electron chi connectivity index (χ0n) is 18.8. The number of sulfonamides is 1. The Labute approximate surface area is 195 Å². The van der Waals surface area contributed by atoms with Crippen molar-refractivity contribution in [3.63, 3.8) is 0 Å². The quantitative estimate of drug-likeness (QED) is 0.462. The monoisotopic (exact) mass is 505 g/mol. The predicted molar refractivity (Wildman–Crippen MR) is 120 cm³/mol. The first kappa shape index (κ1) is 28.7. The molecule has 0 aliphatic rings. The molecule has 1 heterocycles. The van der Waals surface area contributed by atoms with Crippen LogP contribution in [0.1, 0.15) is 42.6 Å². The van der Waals surface area contributed by atoms with E-state index in [1.807, 2.05) is 11.8 Å². The second kappa shape index (κ2) is 12.2. The van der Waals surface area contributed by atoms with E-state index >= 15 is 0 Å². The molecule has 1 aromatic heterocycles. The first-order valence-corrected chi connectivity index (χ1v) is 11.6. The Morgan fingerprint density at radius 3 is 2.21 bits per heavy atom. The number of hydrogen-bond donors (Lipinski definition) is 3. The normalized spacial score (nSPS) is 11.2. The molecular weight excluding hydrogens is 479 g/mol. The maximum absolute atomic E-state index is 12.6. The van der Waals surface area contributed by atoms with Gasteiger partial charge in [0.2, 0.25) is 0 Å². The van der Waals surface area contributed by atoms with Gasteiger partial charge in [-0.25, -0.2) is 23.0 Å². The predicted octanol–water partition coefficient (Wildman–Crippen LogP) is 4.15. The molecule has 188 valence electrons. The van der Waals surface area contributed by atoms with Crippen LogP contribution in [0.5, 0.6) is 0 Å². The number of nitrogens with zero attached hydrogens (tertiary/aromatic N) is 2. The lowest BCUT2D eigenvalue weighted by Gasteiger charge is -2.23. The highest BCUT2D eigenvalue weighted by atomic mass is 32.2. The molecule has 2 aromatic rings. The van der Waals surface area contributed by atoms with Crippen LogP contribution in [0.3, 0.4) is 0 Å². The number of alkyl halides is 3. The Bertz CT molecular complexity index is 1110. The van der Waals surface area contributed by atoms with Crippen molar-refractivity contribution < 1.29 is 41.4 Å². The fraction of sp³-hybridized carbons (Fsp3) is 0.381. The van der Waals surface area contributed by atoms with E-state index in [4.69, 9.17) is 9.90 Å². The summed E-state index contributed by atoms with van der Waals surface area (Å²) in [5.41, 5.74) is 0.689. The van der Waals surface area contributed by atoms with Crippen LogP contribution in [0.4, 0.5) is 24.7 Å². The van der Waals surface area contributed by atoms with Gasteiger partial charge in [-0.2, -0.15) is 13.2 Å². The van der Waals surface area contributed by atoms with Crippen molar-refractivity contribution in [3.8, 4) is 0 Å². The van der Waals surface area contributed by atoms with Crippen molar-refractivity contribution in [2.45, 2.75) is 44.7 Å². The molecule has 0 spiro atoms. The minimum atomic E-state index is -5.08. The molecular formula is C21H26F3N3O6S. The van der Waals surface area contributed by atoms with Crippen molar-refractivity contribution in [1.82, 2.24) is 4.98 Å². The van der Waals surface area contributed by atoms with Crippen molar-refractivity contribution >= 4 is 33.5 Å². The fourth-order valence-electron chi connectivity index (χ4n) is 2.75. The van der Waals surface area contributed by atoms with Gasteiger partial charge in [0, 0.05) is 13.1 Å². The third-order valence-electron chi connectivity index (χ3n) is 4.44. The smallest absolute Gasteiger partial charge is 0.478 e. The Morgan fingerprint density at radius 2 is 1.74 bits per heavy atom. The van der Waals surface area contributed by atoms with E-state index in [0.29, 0.717) is 24.5 Å². The average Bonchev–Trinajstić information content (AvgIpc) is 2.74. The van der Waals surface area contributed by atoms with Crippen molar-refractivity contribution in [2.24, 2.45) is 0 Å².